The Hall–Kier alpha value is -0.0400. The molecule has 0 aromatic heterocycles. The molecule has 0 radical (unpaired) electrons. The van der Waals surface area contributed by atoms with Crippen LogP contribution in [0.3, 0.4) is 0 Å². The van der Waals surface area contributed by atoms with Crippen LogP contribution in [0.4, 0.5) is 0 Å². The molecule has 0 aromatic carbocycles. The lowest BCUT2D eigenvalue weighted by Gasteiger charge is -2.33. The molecule has 6 atom stereocenters. The van der Waals surface area contributed by atoms with Gasteiger partial charge < -0.3 is 4.90 Å². The highest BCUT2D eigenvalue weighted by atomic mass is 15.2. The summed E-state index contributed by atoms with van der Waals surface area (Å²) in [6.45, 7) is 14.4. The minimum absolute atomic E-state index is 0.715. The van der Waals surface area contributed by atoms with E-state index in [0.29, 0.717) is 12.1 Å². The number of nitrogens with zero attached hydrogens (tertiary/aromatic N) is 1. The second-order valence-corrected chi connectivity index (χ2v) is 5.58. The Morgan fingerprint density at radius 2 is 0.857 bits per heavy atom. The van der Waals surface area contributed by atoms with Crippen molar-refractivity contribution < 1.29 is 0 Å². The van der Waals surface area contributed by atoms with Crippen molar-refractivity contribution in [1.29, 1.82) is 0 Å². The van der Waals surface area contributed by atoms with Gasteiger partial charge in [-0.1, -0.05) is 27.7 Å². The highest BCUT2D eigenvalue weighted by Crippen LogP contribution is 2.37. The molecule has 14 heavy (non-hydrogen) atoms. The highest BCUT2D eigenvalue weighted by Gasteiger charge is 2.37. The predicted molar refractivity (Wildman–Crippen MR) is 63.3 cm³/mol. The molecule has 1 heteroatoms. The van der Waals surface area contributed by atoms with Crippen molar-refractivity contribution in [2.75, 3.05) is 7.05 Å². The van der Waals surface area contributed by atoms with Crippen LogP contribution in [0.25, 0.3) is 0 Å². The maximum atomic E-state index is 2.56. The van der Waals surface area contributed by atoms with Crippen LogP contribution in [0.1, 0.15) is 41.5 Å². The average Bonchev–Trinajstić information content (AvgIpc) is 2.23. The molecule has 0 unspecified atom stereocenters. The van der Waals surface area contributed by atoms with E-state index in [4.69, 9.17) is 0 Å². The van der Waals surface area contributed by atoms with E-state index < -0.39 is 0 Å². The highest BCUT2D eigenvalue weighted by molar-refractivity contribution is 4.89. The van der Waals surface area contributed by atoms with Gasteiger partial charge in [-0.3, -0.25) is 0 Å². The summed E-state index contributed by atoms with van der Waals surface area (Å²) in [5, 5.41) is 0. The first-order valence-electron chi connectivity index (χ1n) is 6.09. The summed E-state index contributed by atoms with van der Waals surface area (Å²) in [6.07, 6.45) is 0. The van der Waals surface area contributed by atoms with Crippen LogP contribution in [0, 0.1) is 23.7 Å². The van der Waals surface area contributed by atoms with Gasteiger partial charge in [-0.05, 0) is 44.6 Å². The molecule has 0 spiro atoms. The predicted octanol–water partition coefficient (Wildman–Crippen LogP) is 3.25. The first-order valence-corrected chi connectivity index (χ1v) is 6.09. The van der Waals surface area contributed by atoms with E-state index in [0.717, 1.165) is 23.7 Å². The van der Waals surface area contributed by atoms with Crippen molar-refractivity contribution in [3.05, 3.63) is 0 Å². The molecule has 0 bridgehead atoms. The lowest BCUT2D eigenvalue weighted by Crippen LogP contribution is -2.41. The maximum absolute atomic E-state index is 2.56. The fraction of sp³-hybridized carbons (Fsp3) is 1.00. The molecule has 0 amide bonds. The molecule has 1 fully saturated rings. The van der Waals surface area contributed by atoms with Gasteiger partial charge in [-0.2, -0.15) is 0 Å². The SMILES string of the molecule is C[C@@H]1[C@H](C)[C@H](C)[C@H](C)N(C)[C@H](C)[C@@H]1C. The molecule has 0 saturated carbocycles. The van der Waals surface area contributed by atoms with Gasteiger partial charge in [0, 0.05) is 12.1 Å². The van der Waals surface area contributed by atoms with Crippen LogP contribution in [0.15, 0.2) is 0 Å². The molecule has 0 N–H and O–H groups in total. The van der Waals surface area contributed by atoms with Gasteiger partial charge in [0.2, 0.25) is 0 Å². The smallest absolute Gasteiger partial charge is 0.00950 e. The molecule has 0 aliphatic carbocycles. The zero-order valence-electron chi connectivity index (χ0n) is 10.9. The number of hydrogen-bond donors (Lipinski definition) is 0. The third-order valence-corrected chi connectivity index (χ3v) is 5.29. The summed E-state index contributed by atoms with van der Waals surface area (Å²) in [7, 11) is 2.28. The first kappa shape index (κ1) is 12.0. The summed E-state index contributed by atoms with van der Waals surface area (Å²) in [5.74, 6) is 3.30. The first-order chi connectivity index (χ1) is 6.37. The van der Waals surface area contributed by atoms with E-state index in [1.54, 1.807) is 0 Å². The van der Waals surface area contributed by atoms with Crippen LogP contribution in [-0.2, 0) is 0 Å². The van der Waals surface area contributed by atoms with Crippen molar-refractivity contribution in [3.63, 3.8) is 0 Å². The number of hydrogen-bond acceptors (Lipinski definition) is 1. The van der Waals surface area contributed by atoms with Gasteiger partial charge in [-0.25, -0.2) is 0 Å². The zero-order valence-corrected chi connectivity index (χ0v) is 10.9. The largest absolute Gasteiger partial charge is 0.300 e. The van der Waals surface area contributed by atoms with Gasteiger partial charge in [0.25, 0.3) is 0 Å². The Balaban J connectivity index is 2.92. The van der Waals surface area contributed by atoms with Gasteiger partial charge in [-0.15, -0.1) is 0 Å². The van der Waals surface area contributed by atoms with Crippen LogP contribution in [-0.4, -0.2) is 24.0 Å². The number of rotatable bonds is 0. The second kappa shape index (κ2) is 4.22. The topological polar surface area (TPSA) is 3.24 Å². The Kier molecular flexibility index (Phi) is 3.63. The molecule has 1 saturated heterocycles. The molecule has 1 aliphatic rings. The molecule has 84 valence electrons. The Bertz CT molecular complexity index is 117. The van der Waals surface area contributed by atoms with E-state index in [1.807, 2.05) is 0 Å². The van der Waals surface area contributed by atoms with Gasteiger partial charge in [0.05, 0.1) is 0 Å². The Labute approximate surface area is 89.9 Å². The molecular weight excluding hydrogens is 170 g/mol. The fourth-order valence-electron chi connectivity index (χ4n) is 2.95. The van der Waals surface area contributed by atoms with Crippen molar-refractivity contribution in [2.45, 2.75) is 53.6 Å². The van der Waals surface area contributed by atoms with Crippen LogP contribution in [0.5, 0.6) is 0 Å². The van der Waals surface area contributed by atoms with Crippen molar-refractivity contribution >= 4 is 0 Å². The molecule has 1 rings (SSSR count). The van der Waals surface area contributed by atoms with Crippen molar-refractivity contribution in [2.24, 2.45) is 23.7 Å². The summed E-state index contributed by atoms with van der Waals surface area (Å²) in [5.41, 5.74) is 0. The maximum Gasteiger partial charge on any atom is 0.00950 e. The molecular formula is C13H27N. The molecule has 0 aromatic rings. The molecule has 1 aliphatic heterocycles. The summed E-state index contributed by atoms with van der Waals surface area (Å²) >= 11 is 0. The minimum Gasteiger partial charge on any atom is -0.300 e. The zero-order chi connectivity index (χ0) is 11.0. The monoisotopic (exact) mass is 197 g/mol. The van der Waals surface area contributed by atoms with E-state index >= 15 is 0 Å². The van der Waals surface area contributed by atoms with E-state index in [1.165, 1.54) is 0 Å². The standard InChI is InChI=1S/C13H27N/c1-8-9(2)11(4)13(6)14(7)12(5)10(8)3/h8-13H,1-7H3/t8-,9+,10-,11+,12-,13+. The summed E-state index contributed by atoms with van der Waals surface area (Å²) in [4.78, 5) is 2.56. The van der Waals surface area contributed by atoms with Gasteiger partial charge in [0.1, 0.15) is 0 Å². The quantitative estimate of drug-likeness (QED) is 0.576. The normalized spacial score (nSPS) is 51.6. The molecule has 1 nitrogen and oxygen atoms in total. The van der Waals surface area contributed by atoms with Crippen molar-refractivity contribution in [1.82, 2.24) is 4.90 Å². The Morgan fingerprint density at radius 1 is 0.571 bits per heavy atom. The van der Waals surface area contributed by atoms with Gasteiger partial charge >= 0.3 is 0 Å². The summed E-state index contributed by atoms with van der Waals surface area (Å²) in [6, 6.07) is 1.43. The Morgan fingerprint density at radius 3 is 1.14 bits per heavy atom. The number of likely N-dealkylation sites (tertiary alicyclic amines) is 1. The lowest BCUT2D eigenvalue weighted by molar-refractivity contribution is 0.138. The lowest BCUT2D eigenvalue weighted by atomic mass is 9.77. The molecule has 1 heterocycles. The van der Waals surface area contributed by atoms with E-state index in [9.17, 15) is 0 Å². The fourth-order valence-corrected chi connectivity index (χ4v) is 2.95. The van der Waals surface area contributed by atoms with Gasteiger partial charge in [0.15, 0.2) is 0 Å². The van der Waals surface area contributed by atoms with E-state index in [2.05, 4.69) is 53.5 Å². The third kappa shape index (κ3) is 1.84. The van der Waals surface area contributed by atoms with Crippen LogP contribution >= 0.6 is 0 Å². The second-order valence-electron chi connectivity index (χ2n) is 5.58. The summed E-state index contributed by atoms with van der Waals surface area (Å²) < 4.78 is 0. The van der Waals surface area contributed by atoms with Crippen LogP contribution < -0.4 is 0 Å². The third-order valence-electron chi connectivity index (χ3n) is 5.29. The van der Waals surface area contributed by atoms with E-state index in [-0.39, 0.29) is 0 Å². The van der Waals surface area contributed by atoms with Crippen molar-refractivity contribution in [3.8, 4) is 0 Å². The average molecular weight is 197 g/mol. The minimum atomic E-state index is 0.715. The van der Waals surface area contributed by atoms with Crippen LogP contribution in [0.2, 0.25) is 0 Å².